The molecule has 23 heteroatoms. The number of rotatable bonds is 66. The Morgan fingerprint density at radius 3 is 1.31 bits per heavy atom. The Balaban J connectivity index is 1.50. The first-order valence-electron chi connectivity index (χ1n) is 41.5. The van der Waals surface area contributed by atoms with Crippen molar-refractivity contribution < 1.29 is 104 Å². The molecule has 23 nitrogen and oxygen atoms in total. The van der Waals surface area contributed by atoms with Crippen LogP contribution in [0, 0.1) is 0 Å². The Bertz CT molecular complexity index is 2100. The highest BCUT2D eigenvalue weighted by molar-refractivity contribution is 5.77. The van der Waals surface area contributed by atoms with Crippen LogP contribution in [0.5, 0.6) is 0 Å². The fraction of sp³-hybridized carbons (Fsp3) is 0.938. The largest absolute Gasteiger partial charge is 0.477 e. The third kappa shape index (κ3) is 39.6. The lowest BCUT2D eigenvalue weighted by Gasteiger charge is -2.50. The molecule has 0 bridgehead atoms. The molecule has 0 aliphatic carbocycles. The molecule has 3 fully saturated rings. The predicted molar refractivity (Wildman–Crippen MR) is 398 cm³/mol. The molecule has 3 rings (SSSR count). The van der Waals surface area contributed by atoms with Gasteiger partial charge >= 0.3 is 5.97 Å². The summed E-state index contributed by atoms with van der Waals surface area (Å²) in [4.78, 5) is 38.7. The minimum absolute atomic E-state index is 0.225. The molecule has 606 valence electrons. The first-order chi connectivity index (χ1) is 49.9. The molecule has 0 spiro atoms. The third-order valence-electron chi connectivity index (χ3n) is 21.2. The number of carboxylic acids is 1. The number of allylic oxidation sites excluding steroid dienone is 2. The predicted octanol–water partition coefficient (Wildman–Crippen LogP) is 11.4. The molecule has 0 aromatic carbocycles. The summed E-state index contributed by atoms with van der Waals surface area (Å²) in [5, 5.41) is 137. The molecule has 3 aliphatic rings. The van der Waals surface area contributed by atoms with Crippen molar-refractivity contribution >= 4 is 17.8 Å². The fourth-order valence-corrected chi connectivity index (χ4v) is 14.7. The van der Waals surface area contributed by atoms with Crippen LogP contribution in [0.1, 0.15) is 342 Å². The van der Waals surface area contributed by atoms with Gasteiger partial charge in [-0.1, -0.05) is 296 Å². The van der Waals surface area contributed by atoms with Crippen molar-refractivity contribution in [2.75, 3.05) is 26.4 Å². The zero-order valence-corrected chi connectivity index (χ0v) is 64.2. The molecular weight excluding hydrogens is 1320 g/mol. The topological polar surface area (TPSA) is 373 Å². The van der Waals surface area contributed by atoms with E-state index in [-0.39, 0.29) is 18.9 Å². The Hall–Kier alpha value is -2.53. The van der Waals surface area contributed by atoms with Crippen LogP contribution >= 0.6 is 0 Å². The van der Waals surface area contributed by atoms with Gasteiger partial charge in [0.05, 0.1) is 50.7 Å². The van der Waals surface area contributed by atoms with Crippen molar-refractivity contribution in [2.45, 2.75) is 452 Å². The number of aliphatic hydroxyl groups excluding tert-OH is 11. The highest BCUT2D eigenvalue weighted by atomic mass is 16.8. The van der Waals surface area contributed by atoms with Crippen molar-refractivity contribution in [3.8, 4) is 0 Å². The summed E-state index contributed by atoms with van der Waals surface area (Å²) in [6.45, 7) is 2.27. The first-order valence-corrected chi connectivity index (χ1v) is 41.5. The van der Waals surface area contributed by atoms with Crippen LogP contribution in [0.15, 0.2) is 12.2 Å². The molecule has 0 radical (unpaired) electrons. The number of aliphatic carboxylic acids is 1. The van der Waals surface area contributed by atoms with Gasteiger partial charge in [0.15, 0.2) is 12.6 Å². The molecule has 3 saturated heterocycles. The quantitative estimate of drug-likeness (QED) is 0.0199. The Morgan fingerprint density at radius 1 is 0.495 bits per heavy atom. The van der Waals surface area contributed by atoms with E-state index in [1.54, 1.807) is 0 Å². The van der Waals surface area contributed by atoms with Gasteiger partial charge in [-0.15, -0.1) is 0 Å². The number of carbonyl (C=O) groups is 3. The highest BCUT2D eigenvalue weighted by Crippen LogP contribution is 2.39. The second-order valence-corrected chi connectivity index (χ2v) is 30.3. The lowest BCUT2D eigenvalue weighted by Crippen LogP contribution is -2.70. The highest BCUT2D eigenvalue weighted by Gasteiger charge is 2.60. The molecule has 18 atom stereocenters. The number of hydrogen-bond acceptors (Lipinski definition) is 20. The Kier molecular flexibility index (Phi) is 54.6. The van der Waals surface area contributed by atoms with E-state index in [0.29, 0.717) is 19.3 Å². The normalized spacial score (nSPS) is 26.5. The number of carboxylic acid groups (broad SMARTS) is 1. The van der Waals surface area contributed by atoms with Crippen molar-refractivity contribution in [1.29, 1.82) is 0 Å². The van der Waals surface area contributed by atoms with Gasteiger partial charge in [0, 0.05) is 19.8 Å². The van der Waals surface area contributed by atoms with Crippen molar-refractivity contribution in [3.05, 3.63) is 12.2 Å². The lowest BCUT2D eigenvalue weighted by molar-refractivity contribution is -0.386. The number of hydrogen-bond donors (Lipinski definition) is 14. The van der Waals surface area contributed by atoms with Crippen LogP contribution < -0.4 is 10.6 Å². The van der Waals surface area contributed by atoms with Gasteiger partial charge in [-0.3, -0.25) is 9.59 Å². The molecule has 2 amide bonds. The van der Waals surface area contributed by atoms with E-state index in [2.05, 4.69) is 36.6 Å². The van der Waals surface area contributed by atoms with Crippen LogP contribution in [0.4, 0.5) is 0 Å². The van der Waals surface area contributed by atoms with Gasteiger partial charge < -0.3 is 100 Å². The maximum absolute atomic E-state index is 13.6. The molecule has 0 aromatic heterocycles. The number of unbranched alkanes of at least 4 members (excludes halogenated alkanes) is 44. The summed E-state index contributed by atoms with van der Waals surface area (Å²) in [6, 6.07) is -2.53. The van der Waals surface area contributed by atoms with Crippen LogP contribution in [-0.2, 0) is 42.8 Å². The second-order valence-electron chi connectivity index (χ2n) is 30.3. The van der Waals surface area contributed by atoms with Crippen molar-refractivity contribution in [1.82, 2.24) is 10.6 Å². The van der Waals surface area contributed by atoms with Gasteiger partial charge in [-0.2, -0.15) is 0 Å². The summed E-state index contributed by atoms with van der Waals surface area (Å²) in [7, 11) is 0. The number of amides is 2. The third-order valence-corrected chi connectivity index (χ3v) is 21.2. The summed E-state index contributed by atoms with van der Waals surface area (Å²) in [6.07, 6.45) is 34.9. The van der Waals surface area contributed by atoms with Gasteiger partial charge in [0.1, 0.15) is 67.1 Å². The van der Waals surface area contributed by atoms with Gasteiger partial charge in [0.25, 0.3) is 5.79 Å². The van der Waals surface area contributed by atoms with Crippen LogP contribution in [0.25, 0.3) is 0 Å². The van der Waals surface area contributed by atoms with E-state index in [1.807, 2.05) is 0 Å². The molecular formula is C80H150N2O21. The van der Waals surface area contributed by atoms with Crippen LogP contribution in [-0.4, -0.2) is 215 Å². The van der Waals surface area contributed by atoms with E-state index in [1.165, 1.54) is 238 Å². The minimum atomic E-state index is -3.08. The average molecular weight is 1480 g/mol. The number of nitrogens with one attached hydrogen (secondary N) is 2. The van der Waals surface area contributed by atoms with Gasteiger partial charge in [-0.25, -0.2) is 4.79 Å². The zero-order valence-electron chi connectivity index (χ0n) is 64.2. The average Bonchev–Trinajstić information content (AvgIpc) is 0.754. The summed E-state index contributed by atoms with van der Waals surface area (Å²) >= 11 is 0. The van der Waals surface area contributed by atoms with E-state index in [4.69, 9.17) is 28.4 Å². The molecule has 14 N–H and O–H groups in total. The number of carbonyl (C=O) groups excluding carboxylic acids is 2. The SMILES string of the molecule is CCCCCCCCCCCCCC/C=C\CCCCCCCCCCCCCC(=O)NC(COC1OC(CO)C(OC2OC(CO)C(O)C(OC3(C(=O)O)CC(O)C(NC(C)=O)C(C(O)C(O)CO)O3)C2O)C(O)C1O)C(O)CCCCCCCCCCCCCCCCCCCCCCCC. The summed E-state index contributed by atoms with van der Waals surface area (Å²) < 4.78 is 35.0. The Labute approximate surface area is 620 Å². The standard InChI is InChI=1S/C80H150N2O21/c1-4-6-8-10-12-14-16-18-20-22-24-26-28-29-30-31-32-34-36-38-40-42-44-46-48-50-52-54-67(90)82-61(62(87)53-51-49-47-45-43-41-39-37-35-33-27-25-23-21-19-17-15-13-11-9-7-5-2)59-98-77-72(94)71(93)74(66(58-85)100-77)101-78-73(95)76(70(92)65(57-84)99-78)103-80(79(96)97)55-63(88)68(81-60(3)86)75(102-80)69(91)64(89)56-83/h29-30,61-66,68-78,83-85,87-89,91-95H,4-28,31-59H2,1-3H3,(H,81,86)(H,82,90)(H,96,97)/b30-29-. The first kappa shape index (κ1) is 94.7. The molecule has 0 saturated carbocycles. The summed E-state index contributed by atoms with van der Waals surface area (Å²) in [5.74, 6) is -6.09. The smallest absolute Gasteiger partial charge is 0.364 e. The van der Waals surface area contributed by atoms with Gasteiger partial charge in [-0.05, 0) is 38.5 Å². The Morgan fingerprint density at radius 2 is 0.903 bits per heavy atom. The van der Waals surface area contributed by atoms with E-state index >= 15 is 0 Å². The number of aliphatic hydroxyl groups is 11. The zero-order chi connectivity index (χ0) is 75.3. The molecule has 0 aromatic rings. The maximum atomic E-state index is 13.6. The molecule has 3 heterocycles. The van der Waals surface area contributed by atoms with Crippen LogP contribution in [0.2, 0.25) is 0 Å². The maximum Gasteiger partial charge on any atom is 0.364 e. The van der Waals surface area contributed by atoms with E-state index in [0.717, 1.165) is 58.3 Å². The lowest BCUT2D eigenvalue weighted by atomic mass is 9.88. The van der Waals surface area contributed by atoms with Crippen molar-refractivity contribution in [3.63, 3.8) is 0 Å². The fourth-order valence-electron chi connectivity index (χ4n) is 14.7. The van der Waals surface area contributed by atoms with Crippen LogP contribution in [0.3, 0.4) is 0 Å². The monoisotopic (exact) mass is 1480 g/mol. The second kappa shape index (κ2) is 59.4. The van der Waals surface area contributed by atoms with Crippen molar-refractivity contribution in [2.24, 2.45) is 0 Å². The molecule has 18 unspecified atom stereocenters. The van der Waals surface area contributed by atoms with Gasteiger partial charge in [0.2, 0.25) is 11.8 Å². The molecule has 103 heavy (non-hydrogen) atoms. The molecule has 3 aliphatic heterocycles. The van der Waals surface area contributed by atoms with E-state index < -0.39 is 148 Å². The number of ether oxygens (including phenoxy) is 6. The summed E-state index contributed by atoms with van der Waals surface area (Å²) in [5.41, 5.74) is 0. The minimum Gasteiger partial charge on any atom is -0.477 e. The van der Waals surface area contributed by atoms with E-state index in [9.17, 15) is 75.7 Å².